The number of aryl methyl sites for hydroxylation is 3. The van der Waals surface area contributed by atoms with Crippen LogP contribution in [0.2, 0.25) is 0 Å². The predicted molar refractivity (Wildman–Crippen MR) is 164 cm³/mol. The molecule has 214 valence electrons. The second-order valence-corrected chi connectivity index (χ2v) is 12.9. The lowest BCUT2D eigenvalue weighted by atomic mass is 10.1. The molecule has 40 heavy (non-hydrogen) atoms. The van der Waals surface area contributed by atoms with Crippen LogP contribution in [0, 0.1) is 20.8 Å². The van der Waals surface area contributed by atoms with Gasteiger partial charge in [0.05, 0.1) is 10.6 Å². The molecule has 3 rings (SSSR count). The van der Waals surface area contributed by atoms with Crippen molar-refractivity contribution in [1.29, 1.82) is 0 Å². The van der Waals surface area contributed by atoms with Crippen LogP contribution in [-0.2, 0) is 26.2 Å². The first-order valence-electron chi connectivity index (χ1n) is 13.4. The van der Waals surface area contributed by atoms with E-state index in [0.29, 0.717) is 12.2 Å². The lowest BCUT2D eigenvalue weighted by molar-refractivity contribution is -0.139. The van der Waals surface area contributed by atoms with Gasteiger partial charge in [0, 0.05) is 17.6 Å². The van der Waals surface area contributed by atoms with Crippen LogP contribution < -0.4 is 9.62 Å². The quantitative estimate of drug-likeness (QED) is 0.253. The Kier molecular flexibility index (Phi) is 10.9. The largest absolute Gasteiger partial charge is 0.354 e. The molecular weight excluding hydrogens is 590 g/mol. The van der Waals surface area contributed by atoms with Gasteiger partial charge in [-0.3, -0.25) is 13.9 Å². The highest BCUT2D eigenvalue weighted by Gasteiger charge is 2.33. The van der Waals surface area contributed by atoms with Crippen LogP contribution in [-0.4, -0.2) is 44.3 Å². The number of hydrogen-bond acceptors (Lipinski definition) is 4. The summed E-state index contributed by atoms with van der Waals surface area (Å²) in [5.74, 6) is -0.759. The smallest absolute Gasteiger partial charge is 0.264 e. The first kappa shape index (κ1) is 31.4. The Morgan fingerprint density at radius 2 is 1.62 bits per heavy atom. The van der Waals surface area contributed by atoms with Crippen LogP contribution >= 0.6 is 15.9 Å². The van der Waals surface area contributed by atoms with Gasteiger partial charge in [-0.05, 0) is 75.6 Å². The SMILES string of the molecule is CCCCNC(=O)[C@H](C)N(Cc1cccc(Br)c1)C(=O)CN(c1ccc(C)cc1C)S(=O)(=O)c1ccc(C)cc1. The monoisotopic (exact) mass is 627 g/mol. The third-order valence-electron chi connectivity index (χ3n) is 6.75. The molecule has 7 nitrogen and oxygen atoms in total. The maximum Gasteiger partial charge on any atom is 0.264 e. The summed E-state index contributed by atoms with van der Waals surface area (Å²) < 4.78 is 30.0. The van der Waals surface area contributed by atoms with Gasteiger partial charge in [0.2, 0.25) is 11.8 Å². The zero-order valence-corrected chi connectivity index (χ0v) is 26.2. The van der Waals surface area contributed by atoms with Crippen LogP contribution in [0.1, 0.15) is 48.9 Å². The van der Waals surface area contributed by atoms with Gasteiger partial charge in [0.15, 0.2) is 0 Å². The lowest BCUT2D eigenvalue weighted by Crippen LogP contribution is -2.51. The summed E-state index contributed by atoms with van der Waals surface area (Å²) in [5.41, 5.74) is 3.87. The van der Waals surface area contributed by atoms with E-state index in [0.717, 1.165) is 43.9 Å². The first-order valence-corrected chi connectivity index (χ1v) is 15.7. The maximum absolute atomic E-state index is 14.0. The minimum Gasteiger partial charge on any atom is -0.354 e. The highest BCUT2D eigenvalue weighted by atomic mass is 79.9. The fourth-order valence-corrected chi connectivity index (χ4v) is 6.31. The molecule has 1 atom stereocenters. The molecule has 0 bridgehead atoms. The maximum atomic E-state index is 14.0. The number of benzene rings is 3. The van der Waals surface area contributed by atoms with Crippen molar-refractivity contribution in [2.24, 2.45) is 0 Å². The Morgan fingerprint density at radius 1 is 0.950 bits per heavy atom. The van der Waals surface area contributed by atoms with Crippen molar-refractivity contribution >= 4 is 43.5 Å². The van der Waals surface area contributed by atoms with Crippen LogP contribution in [0.3, 0.4) is 0 Å². The first-order chi connectivity index (χ1) is 18.9. The third-order valence-corrected chi connectivity index (χ3v) is 9.01. The summed E-state index contributed by atoms with van der Waals surface area (Å²) in [4.78, 5) is 28.6. The fourth-order valence-electron chi connectivity index (χ4n) is 4.39. The van der Waals surface area contributed by atoms with E-state index < -0.39 is 28.5 Å². The van der Waals surface area contributed by atoms with E-state index in [-0.39, 0.29) is 17.3 Å². The Hall–Kier alpha value is -3.17. The van der Waals surface area contributed by atoms with E-state index in [1.54, 1.807) is 37.3 Å². The second-order valence-electron chi connectivity index (χ2n) is 10.1. The number of nitrogens with zero attached hydrogens (tertiary/aromatic N) is 2. The Labute approximate surface area is 246 Å². The predicted octanol–water partition coefficient (Wildman–Crippen LogP) is 5.90. The van der Waals surface area contributed by atoms with Crippen molar-refractivity contribution in [3.63, 3.8) is 0 Å². The van der Waals surface area contributed by atoms with Gasteiger partial charge < -0.3 is 10.2 Å². The molecule has 0 aliphatic rings. The standard InChI is InChI=1S/C31H38BrN3O4S/c1-6-7-17-33-31(37)25(5)34(20-26-9-8-10-27(32)19-26)30(36)21-35(29-16-13-23(3)18-24(29)4)40(38,39)28-14-11-22(2)12-15-28/h8-16,18-19,25H,6-7,17,20-21H2,1-5H3,(H,33,37)/t25-/m0/s1. The summed E-state index contributed by atoms with van der Waals surface area (Å²) in [6.07, 6.45) is 1.75. The van der Waals surface area contributed by atoms with Gasteiger partial charge in [0.25, 0.3) is 10.0 Å². The molecule has 2 amide bonds. The van der Waals surface area contributed by atoms with Gasteiger partial charge in [-0.2, -0.15) is 0 Å². The average Bonchev–Trinajstić information content (AvgIpc) is 2.90. The van der Waals surface area contributed by atoms with Gasteiger partial charge >= 0.3 is 0 Å². The molecule has 0 aliphatic carbocycles. The van der Waals surface area contributed by atoms with Crippen LogP contribution in [0.4, 0.5) is 5.69 Å². The molecule has 0 spiro atoms. The Bertz CT molecular complexity index is 1440. The number of amides is 2. The molecule has 3 aromatic rings. The number of rotatable bonds is 12. The number of hydrogen-bond donors (Lipinski definition) is 1. The molecule has 0 saturated carbocycles. The van der Waals surface area contributed by atoms with E-state index in [4.69, 9.17) is 0 Å². The van der Waals surface area contributed by atoms with E-state index in [1.807, 2.05) is 64.1 Å². The summed E-state index contributed by atoms with van der Waals surface area (Å²) in [6, 6.07) is 18.7. The van der Waals surface area contributed by atoms with Gasteiger partial charge in [0.1, 0.15) is 12.6 Å². The summed E-state index contributed by atoms with van der Waals surface area (Å²) >= 11 is 3.47. The molecule has 3 aromatic carbocycles. The van der Waals surface area contributed by atoms with Crippen LogP contribution in [0.25, 0.3) is 0 Å². The molecule has 0 unspecified atom stereocenters. The molecule has 0 aliphatic heterocycles. The van der Waals surface area contributed by atoms with E-state index >= 15 is 0 Å². The van der Waals surface area contributed by atoms with Crippen molar-refractivity contribution in [1.82, 2.24) is 10.2 Å². The van der Waals surface area contributed by atoms with Gasteiger partial charge in [-0.15, -0.1) is 0 Å². The molecule has 0 fully saturated rings. The molecule has 1 N–H and O–H groups in total. The molecule has 0 aromatic heterocycles. The Balaban J connectivity index is 2.04. The molecular formula is C31H38BrN3O4S. The number of carbonyl (C=O) groups is 2. The van der Waals surface area contributed by atoms with E-state index in [9.17, 15) is 18.0 Å². The van der Waals surface area contributed by atoms with Crippen molar-refractivity contribution in [3.8, 4) is 0 Å². The Morgan fingerprint density at radius 3 is 2.25 bits per heavy atom. The summed E-state index contributed by atoms with van der Waals surface area (Å²) in [6.45, 7) is 9.55. The topological polar surface area (TPSA) is 86.8 Å². The van der Waals surface area contributed by atoms with Crippen molar-refractivity contribution in [2.75, 3.05) is 17.4 Å². The zero-order chi connectivity index (χ0) is 29.4. The highest BCUT2D eigenvalue weighted by Crippen LogP contribution is 2.28. The molecule has 0 heterocycles. The number of anilines is 1. The number of sulfonamides is 1. The number of halogens is 1. The third kappa shape index (κ3) is 7.95. The van der Waals surface area contributed by atoms with Crippen molar-refractivity contribution in [3.05, 3.63) is 93.5 Å². The van der Waals surface area contributed by atoms with Gasteiger partial charge in [-0.1, -0.05) is 76.8 Å². The number of nitrogens with one attached hydrogen (secondary N) is 1. The van der Waals surface area contributed by atoms with Crippen LogP contribution in [0.15, 0.2) is 76.1 Å². The fraction of sp³-hybridized carbons (Fsp3) is 0.355. The number of unbranched alkanes of at least 4 members (excludes halogenated alkanes) is 1. The van der Waals surface area contributed by atoms with Gasteiger partial charge in [-0.25, -0.2) is 8.42 Å². The second kappa shape index (κ2) is 13.9. The summed E-state index contributed by atoms with van der Waals surface area (Å²) in [7, 11) is -4.10. The normalized spacial score (nSPS) is 12.1. The van der Waals surface area contributed by atoms with Crippen molar-refractivity contribution in [2.45, 2.75) is 64.9 Å². The van der Waals surface area contributed by atoms with Crippen LogP contribution in [0.5, 0.6) is 0 Å². The molecule has 0 saturated heterocycles. The van der Waals surface area contributed by atoms with E-state index in [2.05, 4.69) is 21.2 Å². The van der Waals surface area contributed by atoms with Crippen molar-refractivity contribution < 1.29 is 18.0 Å². The molecule has 9 heteroatoms. The van der Waals surface area contributed by atoms with E-state index in [1.165, 1.54) is 4.90 Å². The minimum atomic E-state index is -4.10. The molecule has 0 radical (unpaired) electrons. The lowest BCUT2D eigenvalue weighted by Gasteiger charge is -2.32. The number of carbonyl (C=O) groups excluding carboxylic acids is 2. The summed E-state index contributed by atoms with van der Waals surface area (Å²) in [5, 5.41) is 2.90. The zero-order valence-electron chi connectivity index (χ0n) is 23.8. The highest BCUT2D eigenvalue weighted by molar-refractivity contribution is 9.10. The minimum absolute atomic E-state index is 0.0924. The average molecular weight is 629 g/mol.